The van der Waals surface area contributed by atoms with Crippen LogP contribution in [0.2, 0.25) is 0 Å². The third-order valence-electron chi connectivity index (χ3n) is 4.31. The molecule has 2 rings (SSSR count). The van der Waals surface area contributed by atoms with Gasteiger partial charge in [-0.25, -0.2) is 0 Å². The maximum atomic E-state index is 12.3. The summed E-state index contributed by atoms with van der Waals surface area (Å²) in [5.41, 5.74) is 1.16. The first kappa shape index (κ1) is 20.3. The second kappa shape index (κ2) is 10.2. The molecular formula is C21H26N2O4. The zero-order valence-corrected chi connectivity index (χ0v) is 16.0. The smallest absolute Gasteiger partial charge is 0.251 e. The normalized spacial score (nSPS) is 11.4. The predicted octanol–water partition coefficient (Wildman–Crippen LogP) is 3.03. The van der Waals surface area contributed by atoms with Crippen molar-refractivity contribution in [1.29, 1.82) is 0 Å². The number of methoxy groups -OCH3 is 2. The molecule has 0 radical (unpaired) electrons. The molecular weight excluding hydrogens is 344 g/mol. The summed E-state index contributed by atoms with van der Waals surface area (Å²) in [6.45, 7) is 2.48. The first-order chi connectivity index (χ1) is 13.1. The van der Waals surface area contributed by atoms with Gasteiger partial charge in [0.2, 0.25) is 0 Å². The highest BCUT2D eigenvalue weighted by Gasteiger charge is 2.13. The Morgan fingerprint density at radius 1 is 0.852 bits per heavy atom. The molecule has 0 aromatic heterocycles. The van der Waals surface area contributed by atoms with Crippen molar-refractivity contribution in [3.8, 4) is 11.5 Å². The van der Waals surface area contributed by atoms with Crippen LogP contribution < -0.4 is 20.1 Å². The van der Waals surface area contributed by atoms with Crippen molar-refractivity contribution in [3.63, 3.8) is 0 Å². The summed E-state index contributed by atoms with van der Waals surface area (Å²) in [6.07, 6.45) is 1.43. The molecule has 0 saturated heterocycles. The van der Waals surface area contributed by atoms with E-state index in [1.165, 1.54) is 0 Å². The molecule has 0 aliphatic rings. The fourth-order valence-corrected chi connectivity index (χ4v) is 2.59. The Kier molecular flexibility index (Phi) is 7.67. The van der Waals surface area contributed by atoms with E-state index in [4.69, 9.17) is 9.47 Å². The number of carbonyl (C=O) groups excluding carboxylic acids is 2. The van der Waals surface area contributed by atoms with E-state index < -0.39 is 0 Å². The molecule has 2 amide bonds. The summed E-state index contributed by atoms with van der Waals surface area (Å²) in [6, 6.07) is 13.9. The van der Waals surface area contributed by atoms with E-state index in [-0.39, 0.29) is 17.9 Å². The van der Waals surface area contributed by atoms with Crippen molar-refractivity contribution in [2.24, 2.45) is 0 Å². The van der Waals surface area contributed by atoms with E-state index in [2.05, 4.69) is 10.6 Å². The van der Waals surface area contributed by atoms with Gasteiger partial charge in [-0.3, -0.25) is 9.59 Å². The second-order valence-corrected chi connectivity index (χ2v) is 6.08. The van der Waals surface area contributed by atoms with Gasteiger partial charge in [0, 0.05) is 23.7 Å². The number of nitrogens with one attached hydrogen (secondary N) is 2. The van der Waals surface area contributed by atoms with Crippen LogP contribution in [-0.4, -0.2) is 38.6 Å². The van der Waals surface area contributed by atoms with Gasteiger partial charge in [0.05, 0.1) is 14.2 Å². The lowest BCUT2D eigenvalue weighted by molar-refractivity contribution is 0.0932. The summed E-state index contributed by atoms with van der Waals surface area (Å²) < 4.78 is 10.2. The summed E-state index contributed by atoms with van der Waals surface area (Å²) in [4.78, 5) is 24.5. The van der Waals surface area contributed by atoms with Gasteiger partial charge in [-0.1, -0.05) is 6.92 Å². The van der Waals surface area contributed by atoms with E-state index in [9.17, 15) is 9.59 Å². The van der Waals surface area contributed by atoms with E-state index >= 15 is 0 Å². The number of ether oxygens (including phenoxy) is 2. The fraction of sp³-hybridized carbons (Fsp3) is 0.333. The second-order valence-electron chi connectivity index (χ2n) is 6.08. The zero-order chi connectivity index (χ0) is 19.6. The molecule has 0 aliphatic carbocycles. The van der Waals surface area contributed by atoms with Crippen LogP contribution in [0.15, 0.2) is 48.5 Å². The molecule has 0 heterocycles. The number of rotatable bonds is 9. The molecule has 0 aliphatic heterocycles. The topological polar surface area (TPSA) is 76.7 Å². The monoisotopic (exact) mass is 370 g/mol. The van der Waals surface area contributed by atoms with Crippen LogP contribution >= 0.6 is 0 Å². The molecule has 27 heavy (non-hydrogen) atoms. The van der Waals surface area contributed by atoms with Crippen molar-refractivity contribution < 1.29 is 19.1 Å². The van der Waals surface area contributed by atoms with Gasteiger partial charge in [-0.15, -0.1) is 0 Å². The van der Waals surface area contributed by atoms with Gasteiger partial charge in [-0.05, 0) is 61.4 Å². The highest BCUT2D eigenvalue weighted by molar-refractivity contribution is 5.95. The molecule has 0 saturated carbocycles. The fourth-order valence-electron chi connectivity index (χ4n) is 2.59. The molecule has 144 valence electrons. The van der Waals surface area contributed by atoms with Crippen LogP contribution in [0.3, 0.4) is 0 Å². The highest BCUT2D eigenvalue weighted by atomic mass is 16.5. The van der Waals surface area contributed by atoms with Crippen molar-refractivity contribution >= 4 is 11.8 Å². The Morgan fingerprint density at radius 2 is 1.33 bits per heavy atom. The molecule has 2 aromatic carbocycles. The van der Waals surface area contributed by atoms with Crippen LogP contribution in [-0.2, 0) is 0 Å². The third kappa shape index (κ3) is 6.02. The van der Waals surface area contributed by atoms with Gasteiger partial charge in [0.1, 0.15) is 11.5 Å². The standard InChI is InChI=1S/C21H26N2O4/c1-4-17(23-21(25)16-7-11-19(27-3)12-8-16)13-14-22-20(24)15-5-9-18(26-2)10-6-15/h5-12,17H,4,13-14H2,1-3H3,(H,22,24)(H,23,25)/t17-/m1/s1. The van der Waals surface area contributed by atoms with Crippen molar-refractivity contribution in [2.45, 2.75) is 25.8 Å². The summed E-state index contributed by atoms with van der Waals surface area (Å²) in [5, 5.41) is 5.88. The minimum absolute atomic E-state index is 0.0178. The zero-order valence-electron chi connectivity index (χ0n) is 16.0. The molecule has 6 nitrogen and oxygen atoms in total. The maximum Gasteiger partial charge on any atom is 0.251 e. The maximum absolute atomic E-state index is 12.3. The molecule has 0 bridgehead atoms. The average molecular weight is 370 g/mol. The lowest BCUT2D eigenvalue weighted by atomic mass is 10.1. The van der Waals surface area contributed by atoms with E-state index in [1.807, 2.05) is 6.92 Å². The molecule has 2 N–H and O–H groups in total. The van der Waals surface area contributed by atoms with Crippen LogP contribution in [0.25, 0.3) is 0 Å². The lowest BCUT2D eigenvalue weighted by Crippen LogP contribution is -2.37. The number of carbonyl (C=O) groups is 2. The Hall–Kier alpha value is -3.02. The largest absolute Gasteiger partial charge is 0.497 e. The summed E-state index contributed by atoms with van der Waals surface area (Å²) >= 11 is 0. The number of benzene rings is 2. The van der Waals surface area contributed by atoms with Gasteiger partial charge in [0.15, 0.2) is 0 Å². The van der Waals surface area contributed by atoms with Gasteiger partial charge in [0.25, 0.3) is 11.8 Å². The number of amides is 2. The Morgan fingerprint density at radius 3 is 1.78 bits per heavy atom. The molecule has 0 fully saturated rings. The molecule has 0 unspecified atom stereocenters. The quantitative estimate of drug-likeness (QED) is 0.711. The molecule has 6 heteroatoms. The number of hydrogen-bond donors (Lipinski definition) is 2. The Balaban J connectivity index is 1.81. The molecule has 0 spiro atoms. The van der Waals surface area contributed by atoms with E-state index in [0.717, 1.165) is 6.42 Å². The van der Waals surface area contributed by atoms with Gasteiger partial charge >= 0.3 is 0 Å². The Bertz CT molecular complexity index is 742. The summed E-state index contributed by atoms with van der Waals surface area (Å²) in [7, 11) is 3.17. The predicted molar refractivity (Wildman–Crippen MR) is 104 cm³/mol. The van der Waals surface area contributed by atoms with Crippen LogP contribution in [0, 0.1) is 0 Å². The van der Waals surface area contributed by atoms with Gasteiger partial charge in [-0.2, -0.15) is 0 Å². The lowest BCUT2D eigenvalue weighted by Gasteiger charge is -2.17. The van der Waals surface area contributed by atoms with Crippen molar-refractivity contribution in [3.05, 3.63) is 59.7 Å². The Labute approximate surface area is 159 Å². The van der Waals surface area contributed by atoms with Crippen molar-refractivity contribution in [2.75, 3.05) is 20.8 Å². The number of hydrogen-bond acceptors (Lipinski definition) is 4. The van der Waals surface area contributed by atoms with Crippen LogP contribution in [0.4, 0.5) is 0 Å². The van der Waals surface area contributed by atoms with E-state index in [1.54, 1.807) is 62.8 Å². The van der Waals surface area contributed by atoms with Crippen LogP contribution in [0.1, 0.15) is 40.5 Å². The molecule has 2 aromatic rings. The third-order valence-corrected chi connectivity index (χ3v) is 4.31. The summed E-state index contributed by atoms with van der Waals surface area (Å²) in [5.74, 6) is 1.14. The first-order valence-corrected chi connectivity index (χ1v) is 8.94. The van der Waals surface area contributed by atoms with Gasteiger partial charge < -0.3 is 20.1 Å². The minimum Gasteiger partial charge on any atom is -0.497 e. The minimum atomic E-state index is -0.144. The molecule has 1 atom stereocenters. The first-order valence-electron chi connectivity index (χ1n) is 8.94. The van der Waals surface area contributed by atoms with Crippen LogP contribution in [0.5, 0.6) is 11.5 Å². The van der Waals surface area contributed by atoms with Crippen molar-refractivity contribution in [1.82, 2.24) is 10.6 Å². The average Bonchev–Trinajstić information content (AvgIpc) is 2.72. The SMILES string of the molecule is CC[C@H](CCNC(=O)c1ccc(OC)cc1)NC(=O)c1ccc(OC)cc1. The highest BCUT2D eigenvalue weighted by Crippen LogP contribution is 2.12. The van der Waals surface area contributed by atoms with E-state index in [0.29, 0.717) is 35.6 Å².